The van der Waals surface area contributed by atoms with Crippen molar-refractivity contribution >= 4 is 5.91 Å². The molecule has 0 radical (unpaired) electrons. The van der Waals surface area contributed by atoms with E-state index in [2.05, 4.69) is 15.2 Å². The molecule has 5 rings (SSSR count). The lowest BCUT2D eigenvalue weighted by molar-refractivity contribution is -0.138. The highest BCUT2D eigenvalue weighted by Crippen LogP contribution is 2.29. The second kappa shape index (κ2) is 8.90. The van der Waals surface area contributed by atoms with Gasteiger partial charge in [-0.2, -0.15) is 10.1 Å². The molecule has 0 aliphatic carbocycles. The van der Waals surface area contributed by atoms with Crippen LogP contribution in [0, 0.1) is 0 Å². The molecule has 3 heterocycles. The van der Waals surface area contributed by atoms with E-state index in [1.54, 1.807) is 6.92 Å². The molecule has 0 N–H and O–H groups in total. The summed E-state index contributed by atoms with van der Waals surface area (Å²) in [6.45, 7) is 2.81. The molecule has 0 saturated carbocycles. The monoisotopic (exact) mass is 443 g/mol. The quantitative estimate of drug-likeness (QED) is 0.454. The van der Waals surface area contributed by atoms with E-state index in [-0.39, 0.29) is 5.91 Å². The SMILES string of the molecule is C[C@@H](Oc1ccccc1)C(=O)N1CCc2c(c(-c3nc(Cc4ccccc4)no3)nn2C)C1. The first kappa shape index (κ1) is 20.9. The van der Waals surface area contributed by atoms with E-state index >= 15 is 0 Å². The molecule has 8 heteroatoms. The van der Waals surface area contributed by atoms with Gasteiger partial charge in [-0.1, -0.05) is 53.7 Å². The van der Waals surface area contributed by atoms with E-state index in [1.807, 2.05) is 77.3 Å². The summed E-state index contributed by atoms with van der Waals surface area (Å²) >= 11 is 0. The second-order valence-corrected chi connectivity index (χ2v) is 8.16. The van der Waals surface area contributed by atoms with Gasteiger partial charge < -0.3 is 14.2 Å². The Kier molecular flexibility index (Phi) is 5.64. The summed E-state index contributed by atoms with van der Waals surface area (Å²) in [6.07, 6.45) is 0.696. The number of aromatic nitrogens is 4. The number of rotatable bonds is 6. The lowest BCUT2D eigenvalue weighted by Gasteiger charge is -2.29. The van der Waals surface area contributed by atoms with Crippen molar-refractivity contribution in [2.24, 2.45) is 7.05 Å². The summed E-state index contributed by atoms with van der Waals surface area (Å²) in [5, 5.41) is 8.78. The minimum absolute atomic E-state index is 0.0606. The number of nitrogens with zero attached hydrogens (tertiary/aromatic N) is 5. The Bertz CT molecular complexity index is 1250. The van der Waals surface area contributed by atoms with Crippen LogP contribution in [0.3, 0.4) is 0 Å². The molecule has 168 valence electrons. The third kappa shape index (κ3) is 4.37. The molecule has 1 atom stereocenters. The van der Waals surface area contributed by atoms with E-state index in [4.69, 9.17) is 9.26 Å². The zero-order valence-corrected chi connectivity index (χ0v) is 18.6. The number of amides is 1. The van der Waals surface area contributed by atoms with E-state index in [0.717, 1.165) is 16.8 Å². The number of aryl methyl sites for hydroxylation is 1. The Balaban J connectivity index is 1.34. The van der Waals surface area contributed by atoms with Gasteiger partial charge in [0.25, 0.3) is 11.8 Å². The average molecular weight is 444 g/mol. The highest BCUT2D eigenvalue weighted by Gasteiger charge is 2.31. The summed E-state index contributed by atoms with van der Waals surface area (Å²) in [6, 6.07) is 19.4. The molecule has 1 aliphatic rings. The predicted octanol–water partition coefficient (Wildman–Crippen LogP) is 3.41. The van der Waals surface area contributed by atoms with Gasteiger partial charge in [0.2, 0.25) is 0 Å². The van der Waals surface area contributed by atoms with Crippen LogP contribution < -0.4 is 4.74 Å². The number of hydrogen-bond donors (Lipinski definition) is 0. The number of para-hydroxylation sites is 1. The Morgan fingerprint density at radius 2 is 1.85 bits per heavy atom. The minimum atomic E-state index is -0.588. The number of fused-ring (bicyclic) bond motifs is 1. The minimum Gasteiger partial charge on any atom is -0.481 e. The summed E-state index contributed by atoms with van der Waals surface area (Å²) in [7, 11) is 1.90. The average Bonchev–Trinajstić information content (AvgIpc) is 3.43. The number of ether oxygens (including phenoxy) is 1. The van der Waals surface area contributed by atoms with Crippen LogP contribution in [0.5, 0.6) is 5.75 Å². The number of hydrogen-bond acceptors (Lipinski definition) is 6. The van der Waals surface area contributed by atoms with Crippen molar-refractivity contribution in [2.75, 3.05) is 6.54 Å². The molecule has 0 fully saturated rings. The lowest BCUT2D eigenvalue weighted by atomic mass is 10.0. The summed E-state index contributed by atoms with van der Waals surface area (Å²) in [4.78, 5) is 19.5. The van der Waals surface area contributed by atoms with Gasteiger partial charge in [-0.25, -0.2) is 0 Å². The van der Waals surface area contributed by atoms with Crippen molar-refractivity contribution in [3.8, 4) is 17.3 Å². The number of carbonyl (C=O) groups is 1. The fourth-order valence-corrected chi connectivity index (χ4v) is 4.16. The van der Waals surface area contributed by atoms with Gasteiger partial charge >= 0.3 is 0 Å². The summed E-state index contributed by atoms with van der Waals surface area (Å²) in [5.41, 5.74) is 3.76. The van der Waals surface area contributed by atoms with Crippen molar-refractivity contribution in [1.82, 2.24) is 24.8 Å². The highest BCUT2D eigenvalue weighted by atomic mass is 16.5. The topological polar surface area (TPSA) is 86.3 Å². The van der Waals surface area contributed by atoms with Gasteiger partial charge in [0.1, 0.15) is 5.75 Å². The Morgan fingerprint density at radius 3 is 2.61 bits per heavy atom. The van der Waals surface area contributed by atoms with Gasteiger partial charge in [-0.15, -0.1) is 0 Å². The first-order valence-electron chi connectivity index (χ1n) is 11.0. The van der Waals surface area contributed by atoms with Gasteiger partial charge in [0.15, 0.2) is 17.6 Å². The molecule has 2 aromatic heterocycles. The van der Waals surface area contributed by atoms with Crippen LogP contribution in [0.15, 0.2) is 65.2 Å². The Labute approximate surface area is 191 Å². The normalized spacial score (nSPS) is 14.1. The molecule has 33 heavy (non-hydrogen) atoms. The molecule has 0 unspecified atom stereocenters. The summed E-state index contributed by atoms with van der Waals surface area (Å²) in [5.74, 6) is 1.59. The maximum absolute atomic E-state index is 13.1. The Hall–Kier alpha value is -3.94. The summed E-state index contributed by atoms with van der Waals surface area (Å²) < 4.78 is 13.2. The van der Waals surface area contributed by atoms with Gasteiger partial charge in [0.05, 0.1) is 0 Å². The van der Waals surface area contributed by atoms with Crippen LogP contribution >= 0.6 is 0 Å². The molecule has 0 spiro atoms. The third-order valence-electron chi connectivity index (χ3n) is 5.83. The largest absolute Gasteiger partial charge is 0.481 e. The molecule has 8 nitrogen and oxygen atoms in total. The van der Waals surface area contributed by atoms with Crippen LogP contribution in [0.4, 0.5) is 0 Å². The molecule has 1 amide bonds. The first-order chi connectivity index (χ1) is 16.1. The van der Waals surface area contributed by atoms with Crippen molar-refractivity contribution in [3.05, 3.63) is 83.3 Å². The maximum atomic E-state index is 13.1. The van der Waals surface area contributed by atoms with Crippen molar-refractivity contribution < 1.29 is 14.1 Å². The van der Waals surface area contributed by atoms with Gasteiger partial charge in [-0.05, 0) is 24.6 Å². The van der Waals surface area contributed by atoms with Crippen LogP contribution in [0.1, 0.15) is 29.6 Å². The van der Waals surface area contributed by atoms with Crippen molar-refractivity contribution in [1.29, 1.82) is 0 Å². The predicted molar refractivity (Wildman–Crippen MR) is 121 cm³/mol. The lowest BCUT2D eigenvalue weighted by Crippen LogP contribution is -2.43. The van der Waals surface area contributed by atoms with Crippen LogP contribution in [0.25, 0.3) is 11.6 Å². The van der Waals surface area contributed by atoms with E-state index in [9.17, 15) is 4.79 Å². The van der Waals surface area contributed by atoms with Gasteiger partial charge in [0, 0.05) is 44.2 Å². The van der Waals surface area contributed by atoms with E-state index < -0.39 is 6.10 Å². The molecule has 0 saturated heterocycles. The van der Waals surface area contributed by atoms with Crippen LogP contribution in [-0.2, 0) is 31.2 Å². The van der Waals surface area contributed by atoms with E-state index in [1.165, 1.54) is 0 Å². The van der Waals surface area contributed by atoms with Gasteiger partial charge in [-0.3, -0.25) is 9.48 Å². The van der Waals surface area contributed by atoms with Crippen LogP contribution in [-0.4, -0.2) is 43.4 Å². The third-order valence-corrected chi connectivity index (χ3v) is 5.83. The number of benzene rings is 2. The smallest absolute Gasteiger partial charge is 0.278 e. The first-order valence-corrected chi connectivity index (χ1v) is 11.0. The zero-order valence-electron chi connectivity index (χ0n) is 18.6. The molecule has 1 aliphatic heterocycles. The standard InChI is InChI=1S/C25H25N5O3/c1-17(32-19-11-7-4-8-12-19)25(31)30-14-13-21-20(16-30)23(27-29(21)2)24-26-22(28-33-24)15-18-9-5-3-6-10-18/h3-12,17H,13-16H2,1-2H3/t17-/m1/s1. The molecular weight excluding hydrogens is 418 g/mol. The number of carbonyl (C=O) groups excluding carboxylic acids is 1. The van der Waals surface area contributed by atoms with E-state index in [0.29, 0.717) is 49.1 Å². The fourth-order valence-electron chi connectivity index (χ4n) is 4.16. The maximum Gasteiger partial charge on any atom is 0.278 e. The second-order valence-electron chi connectivity index (χ2n) is 8.16. The van der Waals surface area contributed by atoms with Crippen molar-refractivity contribution in [3.63, 3.8) is 0 Å². The fraction of sp³-hybridized carbons (Fsp3) is 0.280. The zero-order chi connectivity index (χ0) is 22.8. The van der Waals surface area contributed by atoms with Crippen molar-refractivity contribution in [2.45, 2.75) is 32.4 Å². The molecule has 0 bridgehead atoms. The molecule has 2 aromatic carbocycles. The molecular formula is C25H25N5O3. The highest BCUT2D eigenvalue weighted by molar-refractivity contribution is 5.81. The molecule has 4 aromatic rings. The Morgan fingerprint density at radius 1 is 1.12 bits per heavy atom. The van der Waals surface area contributed by atoms with Crippen LogP contribution in [0.2, 0.25) is 0 Å².